The molecule has 1 N–H and O–H groups in total. The van der Waals surface area contributed by atoms with E-state index in [0.29, 0.717) is 34.5 Å². The van der Waals surface area contributed by atoms with E-state index in [4.69, 9.17) is 26.0 Å². The maximum Gasteiger partial charge on any atom is 0.328 e. The van der Waals surface area contributed by atoms with Crippen molar-refractivity contribution < 1.29 is 19.2 Å². The van der Waals surface area contributed by atoms with Crippen LogP contribution >= 0.6 is 11.6 Å². The molecule has 0 saturated heterocycles. The number of halogens is 1. The Hall–Kier alpha value is -2.34. The minimum Gasteiger partial charge on any atom is -0.485 e. The molecule has 0 aliphatic carbocycles. The molecule has 2 rings (SSSR count). The molecule has 0 aliphatic rings. The first kappa shape index (κ1) is 15.1. The first-order valence-corrected chi connectivity index (χ1v) is 6.61. The summed E-state index contributed by atoms with van der Waals surface area (Å²) in [5.74, 6) is 0.400. The van der Waals surface area contributed by atoms with Gasteiger partial charge in [-0.1, -0.05) is 23.7 Å². The van der Waals surface area contributed by atoms with E-state index < -0.39 is 5.97 Å². The predicted octanol–water partition coefficient (Wildman–Crippen LogP) is 2.96. The highest BCUT2D eigenvalue weighted by atomic mass is 35.5. The van der Waals surface area contributed by atoms with E-state index in [0.717, 1.165) is 6.08 Å². The van der Waals surface area contributed by atoms with Gasteiger partial charge in [0.05, 0.1) is 0 Å². The van der Waals surface area contributed by atoms with E-state index in [-0.39, 0.29) is 6.61 Å². The van der Waals surface area contributed by atoms with Crippen LogP contribution in [0.15, 0.2) is 28.8 Å². The molecule has 7 heteroatoms. The Morgan fingerprint density at radius 3 is 3.00 bits per heavy atom. The molecule has 0 amide bonds. The minimum atomic E-state index is -1.05. The van der Waals surface area contributed by atoms with Gasteiger partial charge in [0, 0.05) is 23.1 Å². The van der Waals surface area contributed by atoms with Gasteiger partial charge in [-0.25, -0.2) is 4.79 Å². The molecule has 0 atom stereocenters. The van der Waals surface area contributed by atoms with Gasteiger partial charge in [0.15, 0.2) is 6.61 Å². The molecule has 1 heterocycles. The van der Waals surface area contributed by atoms with Crippen molar-refractivity contribution in [2.75, 3.05) is 0 Å². The Balaban J connectivity index is 2.13. The van der Waals surface area contributed by atoms with Crippen LogP contribution in [0, 0.1) is 0 Å². The molecule has 0 bridgehead atoms. The van der Waals surface area contributed by atoms with Crippen LogP contribution in [0.1, 0.15) is 24.2 Å². The smallest absolute Gasteiger partial charge is 0.328 e. The van der Waals surface area contributed by atoms with Crippen LogP contribution in [-0.4, -0.2) is 21.2 Å². The second-order valence-corrected chi connectivity index (χ2v) is 4.54. The molecule has 0 fully saturated rings. The Morgan fingerprint density at radius 2 is 2.33 bits per heavy atom. The zero-order valence-corrected chi connectivity index (χ0v) is 12.0. The van der Waals surface area contributed by atoms with Crippen molar-refractivity contribution in [3.8, 4) is 5.75 Å². The molecule has 6 nitrogen and oxygen atoms in total. The molecule has 0 unspecified atom stereocenters. The molecular formula is C14H13ClN2O4. The Bertz CT molecular complexity index is 667. The van der Waals surface area contributed by atoms with E-state index >= 15 is 0 Å². The van der Waals surface area contributed by atoms with E-state index in [1.54, 1.807) is 18.2 Å². The van der Waals surface area contributed by atoms with Crippen LogP contribution in [-0.2, 0) is 17.8 Å². The number of carboxylic acid groups (broad SMARTS) is 1. The SMILES string of the molecule is CCc1nc(COc2ccc(Cl)cc2C=CC(=O)O)no1. The summed E-state index contributed by atoms with van der Waals surface area (Å²) in [6.45, 7) is 2.03. The number of rotatable bonds is 6. The fourth-order valence-corrected chi connectivity index (χ4v) is 1.76. The van der Waals surface area contributed by atoms with Crippen molar-refractivity contribution in [2.24, 2.45) is 0 Å². The number of benzene rings is 1. The lowest BCUT2D eigenvalue weighted by atomic mass is 10.2. The minimum absolute atomic E-state index is 0.124. The van der Waals surface area contributed by atoms with Crippen LogP contribution in [0.2, 0.25) is 5.02 Å². The summed E-state index contributed by atoms with van der Waals surface area (Å²) in [7, 11) is 0. The highest BCUT2D eigenvalue weighted by Crippen LogP contribution is 2.25. The third kappa shape index (κ3) is 4.32. The zero-order valence-electron chi connectivity index (χ0n) is 11.2. The van der Waals surface area contributed by atoms with Crippen molar-refractivity contribution in [3.63, 3.8) is 0 Å². The monoisotopic (exact) mass is 308 g/mol. The van der Waals surface area contributed by atoms with E-state index in [2.05, 4.69) is 10.1 Å². The fourth-order valence-electron chi connectivity index (χ4n) is 1.58. The molecule has 1 aromatic heterocycles. The van der Waals surface area contributed by atoms with Crippen LogP contribution in [0.4, 0.5) is 0 Å². The van der Waals surface area contributed by atoms with Crippen LogP contribution in [0.5, 0.6) is 5.75 Å². The first-order valence-electron chi connectivity index (χ1n) is 6.23. The first-order chi connectivity index (χ1) is 10.1. The van der Waals surface area contributed by atoms with Gasteiger partial charge in [0.25, 0.3) is 0 Å². The number of carbonyl (C=O) groups is 1. The highest BCUT2D eigenvalue weighted by molar-refractivity contribution is 6.30. The number of ether oxygens (including phenoxy) is 1. The lowest BCUT2D eigenvalue weighted by Crippen LogP contribution is -1.99. The summed E-state index contributed by atoms with van der Waals surface area (Å²) < 4.78 is 10.6. The van der Waals surface area contributed by atoms with E-state index in [1.807, 2.05) is 6.92 Å². The van der Waals surface area contributed by atoms with Crippen LogP contribution in [0.3, 0.4) is 0 Å². The van der Waals surface area contributed by atoms with Crippen molar-refractivity contribution >= 4 is 23.6 Å². The second kappa shape index (κ2) is 6.90. The zero-order chi connectivity index (χ0) is 15.2. The third-order valence-electron chi connectivity index (χ3n) is 2.55. The highest BCUT2D eigenvalue weighted by Gasteiger charge is 2.08. The molecule has 21 heavy (non-hydrogen) atoms. The molecule has 0 spiro atoms. The van der Waals surface area contributed by atoms with Crippen molar-refractivity contribution in [1.29, 1.82) is 0 Å². The number of hydrogen-bond donors (Lipinski definition) is 1. The number of aliphatic carboxylic acids is 1. The molecule has 2 aromatic rings. The standard InChI is InChI=1S/C14H13ClN2O4/c1-2-13-16-12(17-21-13)8-20-11-5-4-10(15)7-9(11)3-6-14(18)19/h3-7H,2,8H2,1H3,(H,18,19). The number of aromatic nitrogens is 2. The summed E-state index contributed by atoms with van der Waals surface area (Å²) in [6.07, 6.45) is 3.08. The van der Waals surface area contributed by atoms with Gasteiger partial charge >= 0.3 is 5.97 Å². The fraction of sp³-hybridized carbons (Fsp3) is 0.214. The molecule has 0 saturated carbocycles. The average Bonchev–Trinajstić information content (AvgIpc) is 2.92. The Kier molecular flexibility index (Phi) is 4.94. The quantitative estimate of drug-likeness (QED) is 0.826. The topological polar surface area (TPSA) is 85.5 Å². The summed E-state index contributed by atoms with van der Waals surface area (Å²) >= 11 is 5.89. The largest absolute Gasteiger partial charge is 0.485 e. The lowest BCUT2D eigenvalue weighted by molar-refractivity contribution is -0.131. The summed E-state index contributed by atoms with van der Waals surface area (Å²) in [5.41, 5.74) is 0.559. The average molecular weight is 309 g/mol. The molecule has 110 valence electrons. The van der Waals surface area contributed by atoms with Crippen molar-refractivity contribution in [2.45, 2.75) is 20.0 Å². The summed E-state index contributed by atoms with van der Waals surface area (Å²) in [6, 6.07) is 4.93. The van der Waals surface area contributed by atoms with Gasteiger partial charge in [-0.3, -0.25) is 0 Å². The van der Waals surface area contributed by atoms with Crippen LogP contribution < -0.4 is 4.74 Å². The maximum atomic E-state index is 10.6. The Morgan fingerprint density at radius 1 is 1.52 bits per heavy atom. The van der Waals surface area contributed by atoms with E-state index in [1.165, 1.54) is 6.08 Å². The molecular weight excluding hydrogens is 296 g/mol. The molecule has 0 radical (unpaired) electrons. The predicted molar refractivity (Wildman–Crippen MR) is 76.1 cm³/mol. The van der Waals surface area contributed by atoms with Gasteiger partial charge in [0.1, 0.15) is 5.75 Å². The van der Waals surface area contributed by atoms with Gasteiger partial charge in [-0.15, -0.1) is 0 Å². The lowest BCUT2D eigenvalue weighted by Gasteiger charge is -2.07. The number of carboxylic acids is 1. The molecule has 1 aromatic carbocycles. The summed E-state index contributed by atoms with van der Waals surface area (Å²) in [5, 5.41) is 12.9. The number of hydrogen-bond acceptors (Lipinski definition) is 5. The second-order valence-electron chi connectivity index (χ2n) is 4.10. The normalized spacial score (nSPS) is 11.0. The third-order valence-corrected chi connectivity index (χ3v) is 2.78. The number of nitrogens with zero attached hydrogens (tertiary/aromatic N) is 2. The van der Waals surface area contributed by atoms with Crippen molar-refractivity contribution in [1.82, 2.24) is 10.1 Å². The van der Waals surface area contributed by atoms with E-state index in [9.17, 15) is 4.79 Å². The van der Waals surface area contributed by atoms with Gasteiger partial charge in [-0.2, -0.15) is 4.98 Å². The van der Waals surface area contributed by atoms with Gasteiger partial charge in [0.2, 0.25) is 11.7 Å². The van der Waals surface area contributed by atoms with Gasteiger partial charge < -0.3 is 14.4 Å². The molecule has 0 aliphatic heterocycles. The summed E-state index contributed by atoms with van der Waals surface area (Å²) in [4.78, 5) is 14.7. The maximum absolute atomic E-state index is 10.6. The number of aryl methyl sites for hydroxylation is 1. The van der Waals surface area contributed by atoms with Crippen LogP contribution in [0.25, 0.3) is 6.08 Å². The Labute approximate surface area is 126 Å². The van der Waals surface area contributed by atoms with Crippen molar-refractivity contribution in [3.05, 3.63) is 46.6 Å². The van der Waals surface area contributed by atoms with Gasteiger partial charge in [-0.05, 0) is 24.3 Å².